The predicted molar refractivity (Wildman–Crippen MR) is 85.2 cm³/mol. The zero-order valence-electron chi connectivity index (χ0n) is 11.0. The number of carbonyl (C=O) groups is 1. The molecule has 0 aliphatic heterocycles. The zero-order chi connectivity index (χ0) is 14.1. The molecule has 2 nitrogen and oxygen atoms in total. The topological polar surface area (TPSA) is 29.1 Å². The van der Waals surface area contributed by atoms with E-state index in [9.17, 15) is 4.79 Å². The van der Waals surface area contributed by atoms with Gasteiger partial charge in [0.15, 0.2) is 0 Å². The summed E-state index contributed by atoms with van der Waals surface area (Å²) >= 11 is 13.7. The zero-order valence-corrected chi connectivity index (χ0v) is 13.4. The summed E-state index contributed by atoms with van der Waals surface area (Å²) in [6.07, 6.45) is 3.36. The van der Waals surface area contributed by atoms with Crippen LogP contribution in [0.15, 0.2) is 18.2 Å². The number of unbranched alkanes of at least 4 members (excludes halogenated alkanes) is 2. The highest BCUT2D eigenvalue weighted by Gasteiger charge is 2.07. The molecule has 1 amide bonds. The smallest absolute Gasteiger partial charge is 0.230 e. The van der Waals surface area contributed by atoms with Gasteiger partial charge in [0.05, 0.1) is 5.75 Å². The van der Waals surface area contributed by atoms with Gasteiger partial charge < -0.3 is 5.32 Å². The third-order valence-electron chi connectivity index (χ3n) is 2.64. The highest BCUT2D eigenvalue weighted by Crippen LogP contribution is 2.27. The quantitative estimate of drug-likeness (QED) is 0.713. The van der Waals surface area contributed by atoms with E-state index in [1.165, 1.54) is 11.8 Å². The van der Waals surface area contributed by atoms with E-state index in [2.05, 4.69) is 12.2 Å². The van der Waals surface area contributed by atoms with Crippen molar-refractivity contribution in [2.45, 2.75) is 31.9 Å². The van der Waals surface area contributed by atoms with Crippen molar-refractivity contribution in [1.29, 1.82) is 0 Å². The van der Waals surface area contributed by atoms with Gasteiger partial charge in [-0.2, -0.15) is 0 Å². The van der Waals surface area contributed by atoms with Crippen LogP contribution in [0.25, 0.3) is 0 Å². The minimum Gasteiger partial charge on any atom is -0.355 e. The number of benzene rings is 1. The molecule has 0 bridgehead atoms. The highest BCUT2D eigenvalue weighted by atomic mass is 35.5. The molecule has 0 aliphatic rings. The van der Waals surface area contributed by atoms with Gasteiger partial charge in [0.1, 0.15) is 0 Å². The summed E-state index contributed by atoms with van der Waals surface area (Å²) in [7, 11) is 0. The Hall–Kier alpha value is -0.380. The molecule has 5 heteroatoms. The molecular weight excluding hydrogens is 301 g/mol. The van der Waals surface area contributed by atoms with Gasteiger partial charge in [-0.1, -0.05) is 49.0 Å². The highest BCUT2D eigenvalue weighted by molar-refractivity contribution is 7.99. The van der Waals surface area contributed by atoms with Gasteiger partial charge in [0.2, 0.25) is 5.91 Å². The third-order valence-corrected chi connectivity index (χ3v) is 4.31. The normalized spacial score (nSPS) is 10.5. The molecule has 0 atom stereocenters. The molecule has 0 spiro atoms. The molecule has 0 radical (unpaired) electrons. The van der Waals surface area contributed by atoms with E-state index in [-0.39, 0.29) is 5.91 Å². The number of thioether (sulfide) groups is 1. The molecule has 1 aromatic rings. The number of rotatable bonds is 8. The van der Waals surface area contributed by atoms with Crippen LogP contribution in [0, 0.1) is 0 Å². The lowest BCUT2D eigenvalue weighted by Gasteiger charge is -2.07. The first-order valence-corrected chi connectivity index (χ1v) is 8.33. The summed E-state index contributed by atoms with van der Waals surface area (Å²) in [5, 5.41) is 4.22. The molecule has 1 rings (SSSR count). The van der Waals surface area contributed by atoms with Crippen molar-refractivity contribution >= 4 is 40.9 Å². The van der Waals surface area contributed by atoms with Crippen LogP contribution in [-0.2, 0) is 10.5 Å². The summed E-state index contributed by atoms with van der Waals surface area (Å²) in [6.45, 7) is 2.91. The van der Waals surface area contributed by atoms with Crippen LogP contribution in [0.5, 0.6) is 0 Å². The Bertz CT molecular complexity index is 392. The summed E-state index contributed by atoms with van der Waals surface area (Å²) in [5.74, 6) is 1.17. The average molecular weight is 320 g/mol. The lowest BCUT2D eigenvalue weighted by molar-refractivity contribution is -0.118. The van der Waals surface area contributed by atoms with Gasteiger partial charge in [0, 0.05) is 22.3 Å². The average Bonchev–Trinajstić information content (AvgIpc) is 2.38. The Morgan fingerprint density at radius 1 is 1.26 bits per heavy atom. The Balaban J connectivity index is 2.24. The van der Waals surface area contributed by atoms with Gasteiger partial charge in [-0.3, -0.25) is 4.79 Å². The second kappa shape index (κ2) is 9.51. The van der Waals surface area contributed by atoms with E-state index in [0.717, 1.165) is 31.4 Å². The van der Waals surface area contributed by atoms with Crippen LogP contribution in [0.3, 0.4) is 0 Å². The van der Waals surface area contributed by atoms with E-state index >= 15 is 0 Å². The van der Waals surface area contributed by atoms with Gasteiger partial charge in [-0.05, 0) is 24.1 Å². The van der Waals surface area contributed by atoms with E-state index < -0.39 is 0 Å². The van der Waals surface area contributed by atoms with Crippen molar-refractivity contribution in [3.8, 4) is 0 Å². The van der Waals surface area contributed by atoms with Crippen molar-refractivity contribution in [2.75, 3.05) is 12.3 Å². The predicted octanol–water partition coefficient (Wildman–Crippen LogP) is 4.53. The third kappa shape index (κ3) is 6.55. The number of halogens is 2. The Morgan fingerprint density at radius 3 is 2.58 bits per heavy atom. The Kier molecular flexibility index (Phi) is 8.35. The van der Waals surface area contributed by atoms with E-state index in [1.54, 1.807) is 0 Å². The fourth-order valence-electron chi connectivity index (χ4n) is 1.57. The second-order valence-corrected chi connectivity index (χ2v) is 6.05. The summed E-state index contributed by atoms with van der Waals surface area (Å²) < 4.78 is 0. The minimum absolute atomic E-state index is 0.0734. The van der Waals surface area contributed by atoms with Gasteiger partial charge >= 0.3 is 0 Å². The van der Waals surface area contributed by atoms with E-state index in [1.807, 2.05) is 18.2 Å². The standard InChI is InChI=1S/C14H19Cl2NOS/c1-2-3-4-8-17-14(18)10-19-9-11-12(15)6-5-7-13(11)16/h5-7H,2-4,8-10H2,1H3,(H,17,18). The molecule has 0 aliphatic carbocycles. The summed E-state index contributed by atoms with van der Waals surface area (Å²) in [4.78, 5) is 11.6. The molecule has 0 saturated carbocycles. The maximum atomic E-state index is 11.6. The van der Waals surface area contributed by atoms with Crippen LogP contribution in [0.4, 0.5) is 0 Å². The van der Waals surface area contributed by atoms with Crippen LogP contribution >= 0.6 is 35.0 Å². The maximum absolute atomic E-state index is 11.6. The van der Waals surface area contributed by atoms with Crippen molar-refractivity contribution in [3.05, 3.63) is 33.8 Å². The second-order valence-electron chi connectivity index (χ2n) is 4.25. The molecular formula is C14H19Cl2NOS. The summed E-state index contributed by atoms with van der Waals surface area (Å²) in [5.41, 5.74) is 0.898. The van der Waals surface area contributed by atoms with Crippen molar-refractivity contribution in [3.63, 3.8) is 0 Å². The SMILES string of the molecule is CCCCCNC(=O)CSCc1c(Cl)cccc1Cl. The monoisotopic (exact) mass is 319 g/mol. The number of hydrogen-bond donors (Lipinski definition) is 1. The Morgan fingerprint density at radius 2 is 1.95 bits per heavy atom. The lowest BCUT2D eigenvalue weighted by atomic mass is 10.2. The number of amides is 1. The van der Waals surface area contributed by atoms with Crippen LogP contribution in [-0.4, -0.2) is 18.2 Å². The molecule has 0 unspecified atom stereocenters. The number of nitrogens with one attached hydrogen (secondary N) is 1. The van der Waals surface area contributed by atoms with Crippen molar-refractivity contribution < 1.29 is 4.79 Å². The first-order chi connectivity index (χ1) is 9.15. The fourth-order valence-corrected chi connectivity index (χ4v) is 3.16. The number of hydrogen-bond acceptors (Lipinski definition) is 2. The largest absolute Gasteiger partial charge is 0.355 e. The van der Waals surface area contributed by atoms with E-state index in [0.29, 0.717) is 21.6 Å². The molecule has 19 heavy (non-hydrogen) atoms. The van der Waals surface area contributed by atoms with Crippen LogP contribution in [0.2, 0.25) is 10.0 Å². The van der Waals surface area contributed by atoms with Gasteiger partial charge in [-0.15, -0.1) is 11.8 Å². The fraction of sp³-hybridized carbons (Fsp3) is 0.500. The molecule has 1 aromatic carbocycles. The molecule has 0 aromatic heterocycles. The van der Waals surface area contributed by atoms with Gasteiger partial charge in [0.25, 0.3) is 0 Å². The Labute approximate surface area is 129 Å². The van der Waals surface area contributed by atoms with Crippen molar-refractivity contribution in [2.24, 2.45) is 0 Å². The maximum Gasteiger partial charge on any atom is 0.230 e. The molecule has 0 saturated heterocycles. The van der Waals surface area contributed by atoms with Crippen molar-refractivity contribution in [1.82, 2.24) is 5.32 Å². The molecule has 0 heterocycles. The first kappa shape index (κ1) is 16.7. The molecule has 106 valence electrons. The molecule has 1 N–H and O–H groups in total. The first-order valence-electron chi connectivity index (χ1n) is 6.42. The molecule has 0 fully saturated rings. The van der Waals surface area contributed by atoms with Gasteiger partial charge in [-0.25, -0.2) is 0 Å². The summed E-state index contributed by atoms with van der Waals surface area (Å²) in [6, 6.07) is 5.45. The van der Waals surface area contributed by atoms with Crippen LogP contribution < -0.4 is 5.32 Å². The minimum atomic E-state index is 0.0734. The van der Waals surface area contributed by atoms with E-state index in [4.69, 9.17) is 23.2 Å². The lowest BCUT2D eigenvalue weighted by Crippen LogP contribution is -2.26. The number of carbonyl (C=O) groups excluding carboxylic acids is 1. The van der Waals surface area contributed by atoms with Crippen LogP contribution in [0.1, 0.15) is 31.7 Å².